The Morgan fingerprint density at radius 1 is 1.04 bits per heavy atom. The summed E-state index contributed by atoms with van der Waals surface area (Å²) in [5.74, 6) is 0.456. The second-order valence-corrected chi connectivity index (χ2v) is 6.87. The molecule has 0 aliphatic carbocycles. The van der Waals surface area contributed by atoms with Gasteiger partial charge in [0.2, 0.25) is 5.91 Å². The first-order chi connectivity index (χ1) is 12.6. The van der Waals surface area contributed by atoms with Crippen molar-refractivity contribution in [3.8, 4) is 5.75 Å². The molecule has 1 amide bonds. The van der Waals surface area contributed by atoms with Gasteiger partial charge in [0.25, 0.3) is 0 Å². The van der Waals surface area contributed by atoms with E-state index in [-0.39, 0.29) is 11.9 Å². The molecule has 2 aromatic rings. The van der Waals surface area contributed by atoms with E-state index in [9.17, 15) is 9.90 Å². The summed E-state index contributed by atoms with van der Waals surface area (Å²) in [4.78, 5) is 19.0. The molecule has 5 heteroatoms. The van der Waals surface area contributed by atoms with Gasteiger partial charge in [0.05, 0.1) is 11.7 Å². The summed E-state index contributed by atoms with van der Waals surface area (Å²) in [5.41, 5.74) is 2.01. The molecule has 3 rings (SSSR count). The van der Waals surface area contributed by atoms with Crippen molar-refractivity contribution in [2.24, 2.45) is 0 Å². The monoisotopic (exact) mass is 353 g/mol. The molecular weight excluding hydrogens is 326 g/mol. The molecule has 26 heavy (non-hydrogen) atoms. The Balaban J connectivity index is 1.55. The molecule has 0 spiro atoms. The highest BCUT2D eigenvalue weighted by molar-refractivity contribution is 5.81. The number of carbonyl (C=O) groups excluding carboxylic acids is 1. The fraction of sp³-hybridized carbons (Fsp3) is 0.381. The summed E-state index contributed by atoms with van der Waals surface area (Å²) in [6.07, 6.45) is 0. The van der Waals surface area contributed by atoms with Gasteiger partial charge in [-0.2, -0.15) is 0 Å². The average Bonchev–Trinajstić information content (AvgIpc) is 2.68. The Hall–Kier alpha value is -2.53. The minimum absolute atomic E-state index is 0.143. The number of anilines is 1. The Morgan fingerprint density at radius 3 is 2.31 bits per heavy atom. The van der Waals surface area contributed by atoms with Crippen LogP contribution in [0.3, 0.4) is 0 Å². The van der Waals surface area contributed by atoms with Gasteiger partial charge in [-0.25, -0.2) is 0 Å². The van der Waals surface area contributed by atoms with Crippen LogP contribution in [0.5, 0.6) is 5.75 Å². The first kappa shape index (κ1) is 18.3. The highest BCUT2D eigenvalue weighted by Crippen LogP contribution is 2.27. The number of aromatic hydroxyl groups is 1. The van der Waals surface area contributed by atoms with Crippen molar-refractivity contribution in [1.29, 1.82) is 0 Å². The van der Waals surface area contributed by atoms with Crippen LogP contribution in [0.1, 0.15) is 12.5 Å². The number of benzene rings is 2. The number of carbonyl (C=O) groups is 1. The lowest BCUT2D eigenvalue weighted by Gasteiger charge is -2.39. The number of hydrogen-bond donors (Lipinski definition) is 1. The van der Waals surface area contributed by atoms with Gasteiger partial charge in [-0.05, 0) is 24.6 Å². The van der Waals surface area contributed by atoms with E-state index in [1.165, 1.54) is 0 Å². The van der Waals surface area contributed by atoms with Crippen molar-refractivity contribution >= 4 is 11.6 Å². The minimum Gasteiger partial charge on any atom is -0.506 e. The van der Waals surface area contributed by atoms with Crippen LogP contribution < -0.4 is 4.90 Å². The number of piperazine rings is 1. The quantitative estimate of drug-likeness (QED) is 0.897. The molecule has 1 aliphatic rings. The van der Waals surface area contributed by atoms with Gasteiger partial charge >= 0.3 is 0 Å². The van der Waals surface area contributed by atoms with Gasteiger partial charge < -0.3 is 14.9 Å². The Kier molecular flexibility index (Phi) is 5.78. The number of rotatable bonds is 5. The van der Waals surface area contributed by atoms with Crippen LogP contribution in [0.2, 0.25) is 0 Å². The molecule has 0 bridgehead atoms. The largest absolute Gasteiger partial charge is 0.506 e. The zero-order valence-corrected chi connectivity index (χ0v) is 15.5. The minimum atomic E-state index is -0.143. The van der Waals surface area contributed by atoms with E-state index in [1.54, 1.807) is 11.0 Å². The van der Waals surface area contributed by atoms with Crippen LogP contribution in [0, 0.1) is 0 Å². The van der Waals surface area contributed by atoms with Crippen molar-refractivity contribution in [1.82, 2.24) is 9.80 Å². The van der Waals surface area contributed by atoms with Gasteiger partial charge in [-0.1, -0.05) is 42.5 Å². The number of amides is 1. The molecule has 138 valence electrons. The number of nitrogens with zero attached hydrogens (tertiary/aromatic N) is 3. The number of hydrogen-bond acceptors (Lipinski definition) is 4. The third kappa shape index (κ3) is 4.17. The molecule has 1 saturated heterocycles. The third-order valence-corrected chi connectivity index (χ3v) is 5.08. The topological polar surface area (TPSA) is 47.0 Å². The fourth-order valence-corrected chi connectivity index (χ4v) is 3.49. The molecule has 0 radical (unpaired) electrons. The fourth-order valence-electron chi connectivity index (χ4n) is 3.49. The highest BCUT2D eigenvalue weighted by Gasteiger charge is 2.28. The van der Waals surface area contributed by atoms with Crippen LogP contribution in [0.4, 0.5) is 5.69 Å². The lowest BCUT2D eigenvalue weighted by Crippen LogP contribution is -2.54. The van der Waals surface area contributed by atoms with Crippen LogP contribution in [0.25, 0.3) is 0 Å². The summed E-state index contributed by atoms with van der Waals surface area (Å²) in [7, 11) is 1.87. The maximum Gasteiger partial charge on any atom is 0.239 e. The summed E-state index contributed by atoms with van der Waals surface area (Å²) < 4.78 is 0. The predicted molar refractivity (Wildman–Crippen MR) is 104 cm³/mol. The third-order valence-electron chi connectivity index (χ3n) is 5.08. The maximum absolute atomic E-state index is 12.8. The van der Waals surface area contributed by atoms with Crippen molar-refractivity contribution in [3.05, 3.63) is 60.2 Å². The van der Waals surface area contributed by atoms with Crippen LogP contribution in [-0.2, 0) is 11.3 Å². The van der Waals surface area contributed by atoms with E-state index < -0.39 is 0 Å². The van der Waals surface area contributed by atoms with Crippen LogP contribution >= 0.6 is 0 Å². The zero-order chi connectivity index (χ0) is 18.5. The molecule has 0 aromatic heterocycles. The standard InChI is InChI=1S/C21H27N3O2/c1-17(21(26)22(2)16-18-8-4-3-5-9-18)23-12-14-24(15-13-23)19-10-6-7-11-20(19)25/h3-11,17,25H,12-16H2,1-2H3. The van der Waals surface area contributed by atoms with Gasteiger partial charge in [-0.3, -0.25) is 9.69 Å². The predicted octanol–water partition coefficient (Wildman–Crippen LogP) is 2.56. The molecular formula is C21H27N3O2. The number of phenols is 1. The second-order valence-electron chi connectivity index (χ2n) is 6.87. The molecule has 0 saturated carbocycles. The Bertz CT molecular complexity index is 727. The summed E-state index contributed by atoms with van der Waals surface area (Å²) in [6.45, 7) is 5.83. The van der Waals surface area contributed by atoms with E-state index in [1.807, 2.05) is 62.5 Å². The maximum atomic E-state index is 12.8. The van der Waals surface area contributed by atoms with Crippen molar-refractivity contribution < 1.29 is 9.90 Å². The van der Waals surface area contributed by atoms with E-state index in [0.717, 1.165) is 37.4 Å². The Morgan fingerprint density at radius 2 is 1.65 bits per heavy atom. The van der Waals surface area contributed by atoms with Crippen molar-refractivity contribution in [2.45, 2.75) is 19.5 Å². The first-order valence-electron chi connectivity index (χ1n) is 9.12. The number of para-hydroxylation sites is 2. The molecule has 1 heterocycles. The summed E-state index contributed by atoms with van der Waals surface area (Å²) in [5, 5.41) is 10.0. The van der Waals surface area contributed by atoms with Gasteiger partial charge in [0, 0.05) is 39.8 Å². The molecule has 1 aliphatic heterocycles. The first-order valence-corrected chi connectivity index (χ1v) is 9.12. The Labute approximate surface area is 155 Å². The summed E-state index contributed by atoms with van der Waals surface area (Å²) in [6, 6.07) is 17.3. The van der Waals surface area contributed by atoms with Crippen molar-refractivity contribution in [3.63, 3.8) is 0 Å². The normalized spacial score (nSPS) is 16.3. The SMILES string of the molecule is CC(C(=O)N(C)Cc1ccccc1)N1CCN(c2ccccc2O)CC1. The number of phenolic OH excluding ortho intramolecular Hbond substituents is 1. The van der Waals surface area contributed by atoms with E-state index >= 15 is 0 Å². The second kappa shape index (κ2) is 8.23. The molecule has 5 nitrogen and oxygen atoms in total. The lowest BCUT2D eigenvalue weighted by molar-refractivity contribution is -0.135. The molecule has 1 fully saturated rings. The van der Waals surface area contributed by atoms with Crippen molar-refractivity contribution in [2.75, 3.05) is 38.1 Å². The average molecular weight is 353 g/mol. The van der Waals surface area contributed by atoms with Gasteiger partial charge in [0.1, 0.15) is 5.75 Å². The summed E-state index contributed by atoms with van der Waals surface area (Å²) >= 11 is 0. The molecule has 1 N–H and O–H groups in total. The van der Waals surface area contributed by atoms with Crippen LogP contribution in [-0.4, -0.2) is 60.1 Å². The number of likely N-dealkylation sites (N-methyl/N-ethyl adjacent to an activating group) is 1. The van der Waals surface area contributed by atoms with E-state index in [2.05, 4.69) is 9.80 Å². The molecule has 1 unspecified atom stereocenters. The highest BCUT2D eigenvalue weighted by atomic mass is 16.3. The molecule has 2 aromatic carbocycles. The van der Waals surface area contributed by atoms with Crippen LogP contribution in [0.15, 0.2) is 54.6 Å². The smallest absolute Gasteiger partial charge is 0.239 e. The molecule has 1 atom stereocenters. The van der Waals surface area contributed by atoms with Gasteiger partial charge in [0.15, 0.2) is 0 Å². The van der Waals surface area contributed by atoms with Gasteiger partial charge in [-0.15, -0.1) is 0 Å². The van der Waals surface area contributed by atoms with E-state index in [4.69, 9.17) is 0 Å². The lowest BCUT2D eigenvalue weighted by atomic mass is 10.1. The van der Waals surface area contributed by atoms with E-state index in [0.29, 0.717) is 12.3 Å². The zero-order valence-electron chi connectivity index (χ0n) is 15.5.